The van der Waals surface area contributed by atoms with Gasteiger partial charge in [-0.05, 0) is 36.8 Å². The maximum absolute atomic E-state index is 11.8. The van der Waals surface area contributed by atoms with E-state index < -0.39 is 0 Å². The molecule has 4 nitrogen and oxygen atoms in total. The van der Waals surface area contributed by atoms with Gasteiger partial charge in [0.15, 0.2) is 0 Å². The third kappa shape index (κ3) is 3.99. The quantitative estimate of drug-likeness (QED) is 0.664. The lowest BCUT2D eigenvalue weighted by molar-refractivity contribution is -0.113. The summed E-state index contributed by atoms with van der Waals surface area (Å²) in [7, 11) is 0. The van der Waals surface area contributed by atoms with Crippen LogP contribution in [-0.4, -0.2) is 16.6 Å². The molecule has 1 aromatic heterocycles. The first-order valence-electron chi connectivity index (χ1n) is 5.84. The van der Waals surface area contributed by atoms with Gasteiger partial charge in [0.1, 0.15) is 0 Å². The molecule has 0 bridgehead atoms. The first-order chi connectivity index (χ1) is 9.15. The summed E-state index contributed by atoms with van der Waals surface area (Å²) in [5.74, 6) is 0.273. The van der Waals surface area contributed by atoms with Crippen LogP contribution in [-0.2, 0) is 4.79 Å². The third-order valence-electron chi connectivity index (χ3n) is 2.50. The Bertz CT molecular complexity index is 572. The summed E-state index contributed by atoms with van der Waals surface area (Å²) in [4.78, 5) is 16.8. The summed E-state index contributed by atoms with van der Waals surface area (Å²) >= 11 is 1.46. The molecule has 1 heterocycles. The van der Waals surface area contributed by atoms with E-state index in [4.69, 9.17) is 5.73 Å². The largest absolute Gasteiger partial charge is 0.397 e. The molecule has 3 N–H and O–H groups in total. The molecule has 0 spiro atoms. The predicted molar refractivity (Wildman–Crippen MR) is 79.2 cm³/mol. The van der Waals surface area contributed by atoms with Crippen LogP contribution < -0.4 is 11.1 Å². The second-order valence-electron chi connectivity index (χ2n) is 4.11. The zero-order chi connectivity index (χ0) is 13.7. The van der Waals surface area contributed by atoms with Crippen LogP contribution in [0, 0.1) is 6.92 Å². The molecule has 0 atom stereocenters. The van der Waals surface area contributed by atoms with E-state index >= 15 is 0 Å². The Balaban J connectivity index is 1.91. The average Bonchev–Trinajstić information content (AvgIpc) is 2.41. The molecule has 0 unspecified atom stereocenters. The van der Waals surface area contributed by atoms with Crippen molar-refractivity contribution in [1.82, 2.24) is 4.98 Å². The Morgan fingerprint density at radius 3 is 2.74 bits per heavy atom. The van der Waals surface area contributed by atoms with Gasteiger partial charge in [-0.15, -0.1) is 11.8 Å². The third-order valence-corrected chi connectivity index (χ3v) is 3.51. The van der Waals surface area contributed by atoms with Crippen LogP contribution in [0.5, 0.6) is 0 Å². The van der Waals surface area contributed by atoms with Gasteiger partial charge < -0.3 is 11.1 Å². The Labute approximate surface area is 116 Å². The van der Waals surface area contributed by atoms with Gasteiger partial charge in [0, 0.05) is 17.3 Å². The molecule has 2 rings (SSSR count). The minimum absolute atomic E-state index is 0.0719. The van der Waals surface area contributed by atoms with E-state index in [-0.39, 0.29) is 5.91 Å². The van der Waals surface area contributed by atoms with Crippen LogP contribution in [0.4, 0.5) is 11.4 Å². The number of amides is 1. The molecule has 2 aromatic rings. The van der Waals surface area contributed by atoms with E-state index in [0.717, 1.165) is 10.5 Å². The molecule has 19 heavy (non-hydrogen) atoms. The summed E-state index contributed by atoms with van der Waals surface area (Å²) in [5, 5.41) is 2.81. The summed E-state index contributed by atoms with van der Waals surface area (Å²) in [6.45, 7) is 1.96. The Morgan fingerprint density at radius 2 is 2.05 bits per heavy atom. The number of pyridine rings is 1. The van der Waals surface area contributed by atoms with E-state index in [0.29, 0.717) is 17.1 Å². The topological polar surface area (TPSA) is 68.0 Å². The van der Waals surface area contributed by atoms with Gasteiger partial charge in [-0.25, -0.2) is 0 Å². The van der Waals surface area contributed by atoms with Crippen molar-refractivity contribution in [3.8, 4) is 0 Å². The lowest BCUT2D eigenvalue weighted by atomic mass is 10.2. The van der Waals surface area contributed by atoms with E-state index in [2.05, 4.69) is 10.3 Å². The Hall–Kier alpha value is -2.01. The molecule has 0 fully saturated rings. The van der Waals surface area contributed by atoms with Crippen LogP contribution >= 0.6 is 11.8 Å². The van der Waals surface area contributed by atoms with Crippen molar-refractivity contribution >= 4 is 29.0 Å². The number of thioether (sulfide) groups is 1. The molecule has 0 radical (unpaired) electrons. The number of hydrogen-bond acceptors (Lipinski definition) is 4. The number of nitrogens with one attached hydrogen (secondary N) is 1. The molecule has 5 heteroatoms. The summed E-state index contributed by atoms with van der Waals surface area (Å²) in [5.41, 5.74) is 8.16. The van der Waals surface area contributed by atoms with Gasteiger partial charge in [0.05, 0.1) is 17.1 Å². The minimum Gasteiger partial charge on any atom is -0.397 e. The lowest BCUT2D eigenvalue weighted by Crippen LogP contribution is -2.15. The van der Waals surface area contributed by atoms with Gasteiger partial charge >= 0.3 is 0 Å². The number of rotatable bonds is 4. The number of hydrogen-bond donors (Lipinski definition) is 2. The number of nitrogens with zero attached hydrogens (tertiary/aromatic N) is 1. The number of carbonyl (C=O) groups is 1. The fourth-order valence-corrected chi connectivity index (χ4v) is 2.25. The molecule has 98 valence electrons. The van der Waals surface area contributed by atoms with Gasteiger partial charge in [-0.3, -0.25) is 9.78 Å². The van der Waals surface area contributed by atoms with E-state index in [1.54, 1.807) is 12.4 Å². The van der Waals surface area contributed by atoms with Crippen LogP contribution in [0.1, 0.15) is 5.56 Å². The first kappa shape index (κ1) is 13.4. The normalized spacial score (nSPS) is 10.2. The highest BCUT2D eigenvalue weighted by atomic mass is 32.2. The number of nitrogens with two attached hydrogens (primary N) is 1. The zero-order valence-corrected chi connectivity index (χ0v) is 11.4. The van der Waals surface area contributed by atoms with Crippen molar-refractivity contribution in [3.05, 3.63) is 48.3 Å². The van der Waals surface area contributed by atoms with Crippen molar-refractivity contribution in [2.75, 3.05) is 16.8 Å². The first-order valence-corrected chi connectivity index (χ1v) is 6.82. The maximum atomic E-state index is 11.8. The Kier molecular flexibility index (Phi) is 4.41. The van der Waals surface area contributed by atoms with E-state index in [1.165, 1.54) is 11.8 Å². The monoisotopic (exact) mass is 273 g/mol. The standard InChI is InChI=1S/C14H15N3OS/c1-10-2-3-13(12(15)8-10)17-14(18)9-19-11-4-6-16-7-5-11/h2-8H,9,15H2,1H3,(H,17,18). The number of benzene rings is 1. The highest BCUT2D eigenvalue weighted by Gasteiger charge is 2.06. The highest BCUT2D eigenvalue weighted by Crippen LogP contribution is 2.21. The van der Waals surface area contributed by atoms with Gasteiger partial charge in [-0.2, -0.15) is 0 Å². The zero-order valence-electron chi connectivity index (χ0n) is 10.6. The van der Waals surface area contributed by atoms with Gasteiger partial charge in [0.2, 0.25) is 5.91 Å². The number of anilines is 2. The highest BCUT2D eigenvalue weighted by molar-refractivity contribution is 8.00. The molecule has 0 saturated carbocycles. The van der Waals surface area contributed by atoms with Crippen LogP contribution in [0.15, 0.2) is 47.6 Å². The number of nitrogen functional groups attached to an aromatic ring is 1. The number of carbonyl (C=O) groups excluding carboxylic acids is 1. The van der Waals surface area contributed by atoms with E-state index in [1.807, 2.05) is 37.3 Å². The van der Waals surface area contributed by atoms with Crippen molar-refractivity contribution in [1.29, 1.82) is 0 Å². The summed E-state index contributed by atoms with van der Waals surface area (Å²) in [6, 6.07) is 9.32. The van der Waals surface area contributed by atoms with Gasteiger partial charge in [0.25, 0.3) is 0 Å². The second kappa shape index (κ2) is 6.24. The molecule has 1 amide bonds. The molecule has 0 aliphatic carbocycles. The molecule has 0 saturated heterocycles. The van der Waals surface area contributed by atoms with Crippen molar-refractivity contribution in [2.45, 2.75) is 11.8 Å². The molecule has 1 aromatic carbocycles. The summed E-state index contributed by atoms with van der Waals surface area (Å²) < 4.78 is 0. The van der Waals surface area contributed by atoms with Crippen LogP contribution in [0.25, 0.3) is 0 Å². The smallest absolute Gasteiger partial charge is 0.234 e. The number of aromatic nitrogens is 1. The van der Waals surface area contributed by atoms with Gasteiger partial charge in [-0.1, -0.05) is 6.07 Å². The summed E-state index contributed by atoms with van der Waals surface area (Å²) in [6.07, 6.45) is 3.41. The number of aryl methyl sites for hydroxylation is 1. The van der Waals surface area contributed by atoms with Crippen LogP contribution in [0.3, 0.4) is 0 Å². The van der Waals surface area contributed by atoms with Crippen LogP contribution in [0.2, 0.25) is 0 Å². The van der Waals surface area contributed by atoms with E-state index in [9.17, 15) is 4.79 Å². The Morgan fingerprint density at radius 1 is 1.32 bits per heavy atom. The fraction of sp³-hybridized carbons (Fsp3) is 0.143. The SMILES string of the molecule is Cc1ccc(NC(=O)CSc2ccncc2)c(N)c1. The second-order valence-corrected chi connectivity index (χ2v) is 5.16. The predicted octanol–water partition coefficient (Wildman–Crippen LogP) is 2.70. The molecular formula is C14H15N3OS. The molecular weight excluding hydrogens is 258 g/mol. The van der Waals surface area contributed by atoms with Crippen molar-refractivity contribution in [2.24, 2.45) is 0 Å². The minimum atomic E-state index is -0.0719. The van der Waals surface area contributed by atoms with Crippen molar-refractivity contribution in [3.63, 3.8) is 0 Å². The average molecular weight is 273 g/mol. The lowest BCUT2D eigenvalue weighted by Gasteiger charge is -2.08. The fourth-order valence-electron chi connectivity index (χ4n) is 1.57. The molecule has 0 aliphatic rings. The maximum Gasteiger partial charge on any atom is 0.234 e. The van der Waals surface area contributed by atoms with Crippen molar-refractivity contribution < 1.29 is 4.79 Å². The molecule has 0 aliphatic heterocycles.